The first-order valence-electron chi connectivity index (χ1n) is 19.2. The smallest absolute Gasteiger partial charge is 0.309 e. The summed E-state index contributed by atoms with van der Waals surface area (Å²) in [6.07, 6.45) is 18.4. The molecule has 0 aromatic heterocycles. The topological polar surface area (TPSA) is 69.6 Å². The Labute approximate surface area is 285 Å². The number of β-amino-alcohol motifs (C(OH)–C–C–N with tert-alkyl or cyclic N) is 1. The van der Waals surface area contributed by atoms with Gasteiger partial charge in [-0.05, 0) is 166 Å². The summed E-state index contributed by atoms with van der Waals surface area (Å²) in [7, 11) is 0. The molecule has 0 saturated heterocycles. The molecule has 264 valence electrons. The van der Waals surface area contributed by atoms with Gasteiger partial charge in [-0.2, -0.15) is 0 Å². The van der Waals surface area contributed by atoms with Crippen LogP contribution in [0.2, 0.25) is 0 Å². The van der Waals surface area contributed by atoms with Crippen molar-refractivity contribution in [2.75, 3.05) is 13.2 Å². The van der Waals surface area contributed by atoms with Crippen molar-refractivity contribution in [3.63, 3.8) is 0 Å². The number of hydrogen-bond acceptors (Lipinski definition) is 3. The molecular formula is C42H66FNO3. The molecule has 4 fully saturated rings. The molecule has 0 aliphatic heterocycles. The first-order valence-corrected chi connectivity index (χ1v) is 19.2. The number of halogens is 1. The number of rotatable bonds is 8. The van der Waals surface area contributed by atoms with Crippen molar-refractivity contribution in [3.05, 3.63) is 35.5 Å². The van der Waals surface area contributed by atoms with E-state index in [-0.39, 0.29) is 33.1 Å². The number of alkyl halides is 1. The Morgan fingerprint density at radius 2 is 1.74 bits per heavy atom. The number of allylic oxidation sites excluding steroid dienone is 5. The van der Waals surface area contributed by atoms with Crippen LogP contribution in [0.1, 0.15) is 132 Å². The zero-order valence-electron chi connectivity index (χ0n) is 31.0. The van der Waals surface area contributed by atoms with Crippen LogP contribution in [-0.2, 0) is 4.79 Å². The van der Waals surface area contributed by atoms with Crippen molar-refractivity contribution < 1.29 is 19.4 Å². The molecule has 0 amide bonds. The normalized spacial score (nSPS) is 45.0. The molecule has 0 heterocycles. The van der Waals surface area contributed by atoms with Gasteiger partial charge in [-0.3, -0.25) is 9.18 Å². The van der Waals surface area contributed by atoms with E-state index in [0.29, 0.717) is 36.1 Å². The lowest BCUT2D eigenvalue weighted by atomic mass is 9.33. The zero-order chi connectivity index (χ0) is 34.4. The standard InChI is InChI=1S/C42H66FNO3/c1-26(2)29-15-20-42(44-25-37(3,4)47)22-21-40(8)32(35(29)42)13-14-34-39(7)18-16-31(38(5,6)33(39)17-19-41(34,40)9)28-12-10-11-27(23-28)30(24-43)36(45)46/h16,23,27,29-30,32-35,44,47H,1,10-15,17-22,24-25H2,2-9H3,(H,45,46)/t27?,29-,30?,32+,33-,34+,35+,39-,40+,41+,42-/m0/s1. The Hall–Kier alpha value is -1.46. The number of fused-ring (bicyclic) bond motifs is 7. The minimum absolute atomic E-state index is 0.00647. The second-order valence-electron chi connectivity index (χ2n) is 19.4. The summed E-state index contributed by atoms with van der Waals surface area (Å²) in [6, 6.07) is 0. The van der Waals surface area contributed by atoms with E-state index in [0.717, 1.165) is 25.7 Å². The summed E-state index contributed by atoms with van der Waals surface area (Å²) in [5.41, 5.74) is 4.17. The zero-order valence-corrected chi connectivity index (χ0v) is 31.0. The fraction of sp³-hybridized carbons (Fsp3) is 0.833. The average molecular weight is 652 g/mol. The molecule has 6 rings (SSSR count). The van der Waals surface area contributed by atoms with Crippen LogP contribution in [0.4, 0.5) is 4.39 Å². The summed E-state index contributed by atoms with van der Waals surface area (Å²) < 4.78 is 13.8. The monoisotopic (exact) mass is 652 g/mol. The molecule has 0 spiro atoms. The van der Waals surface area contributed by atoms with Gasteiger partial charge < -0.3 is 15.5 Å². The molecule has 0 radical (unpaired) electrons. The van der Waals surface area contributed by atoms with Crippen LogP contribution in [0.3, 0.4) is 0 Å². The van der Waals surface area contributed by atoms with Gasteiger partial charge in [-0.15, -0.1) is 0 Å². The molecule has 0 bridgehead atoms. The van der Waals surface area contributed by atoms with Crippen LogP contribution < -0.4 is 5.32 Å². The summed E-state index contributed by atoms with van der Waals surface area (Å²) in [5, 5.41) is 24.5. The van der Waals surface area contributed by atoms with Crippen LogP contribution in [-0.4, -0.2) is 40.5 Å². The maximum Gasteiger partial charge on any atom is 0.309 e. The number of nitrogens with one attached hydrogen (secondary N) is 1. The van der Waals surface area contributed by atoms with Gasteiger partial charge in [0.1, 0.15) is 6.67 Å². The van der Waals surface area contributed by atoms with E-state index >= 15 is 0 Å². The molecule has 5 heteroatoms. The molecule has 4 nitrogen and oxygen atoms in total. The van der Waals surface area contributed by atoms with E-state index in [2.05, 4.69) is 65.6 Å². The number of aliphatic hydroxyl groups is 1. The molecule has 4 saturated carbocycles. The third-order valence-corrected chi connectivity index (χ3v) is 16.3. The lowest BCUT2D eigenvalue weighted by Gasteiger charge is -2.72. The van der Waals surface area contributed by atoms with Crippen LogP contribution >= 0.6 is 0 Å². The van der Waals surface area contributed by atoms with E-state index in [1.54, 1.807) is 0 Å². The summed E-state index contributed by atoms with van der Waals surface area (Å²) in [4.78, 5) is 11.9. The highest BCUT2D eigenvalue weighted by Crippen LogP contribution is 2.76. The number of carboxylic acid groups (broad SMARTS) is 1. The SMILES string of the molecule is C=C(C)[C@@H]1CC[C@]2(NCC(C)(C)O)CC[C@]3(C)[C@H](CC[C@@H]4[C@@]5(C)CC=C(C6=CC(C(CF)C(=O)O)CCC6)C(C)(C)[C@@H]5CC[C@]43C)[C@@H]12. The second kappa shape index (κ2) is 11.8. The highest BCUT2D eigenvalue weighted by atomic mass is 19.1. The number of carboxylic acids is 1. The molecule has 47 heavy (non-hydrogen) atoms. The van der Waals surface area contributed by atoms with Crippen LogP contribution in [0.5, 0.6) is 0 Å². The second-order valence-corrected chi connectivity index (χ2v) is 19.4. The minimum Gasteiger partial charge on any atom is -0.481 e. The van der Waals surface area contributed by atoms with E-state index in [9.17, 15) is 19.4 Å². The fourth-order valence-electron chi connectivity index (χ4n) is 13.9. The lowest BCUT2D eigenvalue weighted by Crippen LogP contribution is -2.68. The Morgan fingerprint density at radius 3 is 2.38 bits per heavy atom. The largest absolute Gasteiger partial charge is 0.481 e. The molecule has 6 aliphatic rings. The Balaban J connectivity index is 1.32. The van der Waals surface area contributed by atoms with Crippen molar-refractivity contribution in [1.29, 1.82) is 0 Å². The van der Waals surface area contributed by atoms with E-state index in [1.807, 2.05) is 13.8 Å². The van der Waals surface area contributed by atoms with Crippen molar-refractivity contribution in [1.82, 2.24) is 5.32 Å². The molecule has 3 N–H and O–H groups in total. The maximum absolute atomic E-state index is 13.8. The third-order valence-electron chi connectivity index (χ3n) is 16.3. The van der Waals surface area contributed by atoms with Crippen molar-refractivity contribution >= 4 is 5.97 Å². The van der Waals surface area contributed by atoms with Gasteiger partial charge in [0.05, 0.1) is 11.5 Å². The number of aliphatic carboxylic acids is 1. The van der Waals surface area contributed by atoms with Gasteiger partial charge >= 0.3 is 5.97 Å². The Morgan fingerprint density at radius 1 is 1.02 bits per heavy atom. The van der Waals surface area contributed by atoms with E-state index in [1.165, 1.54) is 68.1 Å². The Kier molecular flexibility index (Phi) is 8.89. The van der Waals surface area contributed by atoms with Crippen molar-refractivity contribution in [2.24, 2.45) is 63.1 Å². The van der Waals surface area contributed by atoms with Gasteiger partial charge in [-0.25, -0.2) is 0 Å². The first kappa shape index (κ1) is 35.4. The first-order chi connectivity index (χ1) is 21.8. The molecule has 11 atom stereocenters. The number of hydrogen-bond donors (Lipinski definition) is 3. The van der Waals surface area contributed by atoms with Crippen LogP contribution in [0, 0.1) is 63.1 Å². The van der Waals surface area contributed by atoms with Gasteiger partial charge in [0.2, 0.25) is 0 Å². The highest BCUT2D eigenvalue weighted by Gasteiger charge is 2.70. The van der Waals surface area contributed by atoms with E-state index in [4.69, 9.17) is 0 Å². The summed E-state index contributed by atoms with van der Waals surface area (Å²) in [5.74, 6) is 0.844. The fourth-order valence-corrected chi connectivity index (χ4v) is 13.9. The van der Waals surface area contributed by atoms with Crippen LogP contribution in [0.25, 0.3) is 0 Å². The Bertz CT molecular complexity index is 1330. The predicted octanol–water partition coefficient (Wildman–Crippen LogP) is 9.69. The van der Waals surface area contributed by atoms with Gasteiger partial charge in [0.25, 0.3) is 0 Å². The van der Waals surface area contributed by atoms with Crippen molar-refractivity contribution in [2.45, 2.75) is 144 Å². The van der Waals surface area contributed by atoms with Crippen molar-refractivity contribution in [3.8, 4) is 0 Å². The maximum atomic E-state index is 13.8. The minimum atomic E-state index is -1.00. The molecule has 6 aliphatic carbocycles. The molecule has 2 unspecified atom stereocenters. The molecule has 0 aromatic rings. The average Bonchev–Trinajstić information content (AvgIpc) is 3.37. The summed E-state index contributed by atoms with van der Waals surface area (Å²) >= 11 is 0. The van der Waals surface area contributed by atoms with Gasteiger partial charge in [0.15, 0.2) is 0 Å². The highest BCUT2D eigenvalue weighted by molar-refractivity contribution is 5.71. The summed E-state index contributed by atoms with van der Waals surface area (Å²) in [6.45, 7) is 23.5. The number of carbonyl (C=O) groups is 1. The predicted molar refractivity (Wildman–Crippen MR) is 190 cm³/mol. The van der Waals surface area contributed by atoms with E-state index < -0.39 is 24.2 Å². The van der Waals surface area contributed by atoms with Crippen LogP contribution in [0.15, 0.2) is 35.5 Å². The quantitative estimate of drug-likeness (QED) is 0.229. The lowest BCUT2D eigenvalue weighted by molar-refractivity contribution is -0.221. The molecule has 0 aromatic carbocycles. The van der Waals surface area contributed by atoms with Gasteiger partial charge in [-0.1, -0.05) is 58.9 Å². The molecular weight excluding hydrogens is 585 g/mol. The van der Waals surface area contributed by atoms with Gasteiger partial charge in [0, 0.05) is 12.1 Å². The third kappa shape index (κ3) is 5.37.